The van der Waals surface area contributed by atoms with Crippen LogP contribution >= 0.6 is 24.5 Å². The number of benzene rings is 4. The maximum absolute atomic E-state index is 8.69. The van der Waals surface area contributed by atoms with Gasteiger partial charge in [0, 0.05) is 16.8 Å². The van der Waals surface area contributed by atoms with E-state index in [4.69, 9.17) is 15.4 Å². The molecule has 0 amide bonds. The van der Waals surface area contributed by atoms with Gasteiger partial charge < -0.3 is 4.90 Å². The highest BCUT2D eigenvalue weighted by Crippen LogP contribution is 2.43. The predicted octanol–water partition coefficient (Wildman–Crippen LogP) is 8.30. The van der Waals surface area contributed by atoms with E-state index in [0.717, 1.165) is 51.0 Å². The van der Waals surface area contributed by atoms with Crippen molar-refractivity contribution in [2.45, 2.75) is 0 Å². The fourth-order valence-corrected chi connectivity index (χ4v) is 6.37. The Bertz CT molecular complexity index is 2070. The first kappa shape index (κ1) is 25.5. The molecule has 2 aliphatic rings. The van der Waals surface area contributed by atoms with Crippen molar-refractivity contribution in [1.82, 2.24) is 18.7 Å². The van der Waals surface area contributed by atoms with Gasteiger partial charge in [-0.1, -0.05) is 91.0 Å². The van der Waals surface area contributed by atoms with Crippen molar-refractivity contribution in [3.05, 3.63) is 126 Å². The minimum absolute atomic E-state index is 0.140. The summed E-state index contributed by atoms with van der Waals surface area (Å²) < 4.78 is 12.9. The van der Waals surface area contributed by atoms with Crippen molar-refractivity contribution in [1.29, 1.82) is 5.41 Å². The molecule has 204 valence electrons. The van der Waals surface area contributed by atoms with Gasteiger partial charge in [0.1, 0.15) is 34.2 Å². The molecular formula is C34H21N7S2. The maximum Gasteiger partial charge on any atom is 0.135 e. The van der Waals surface area contributed by atoms with Crippen LogP contribution in [0.4, 0.5) is 17.1 Å². The summed E-state index contributed by atoms with van der Waals surface area (Å²) in [6.07, 6.45) is 4.33. The zero-order valence-corrected chi connectivity index (χ0v) is 24.2. The molecule has 3 heterocycles. The predicted molar refractivity (Wildman–Crippen MR) is 178 cm³/mol. The first-order chi connectivity index (χ1) is 21.2. The second-order valence-electron chi connectivity index (χ2n) is 10.1. The molecule has 4 aromatic carbocycles. The molecule has 1 N–H and O–H groups in total. The van der Waals surface area contributed by atoms with Gasteiger partial charge >= 0.3 is 0 Å². The Morgan fingerprint density at radius 3 is 1.79 bits per heavy atom. The second-order valence-corrected chi connectivity index (χ2v) is 10.8. The standard InChI is InChI=1S/C34H21N7S2/c35-27-30(38-42)32-33(34-31(27)39-43-40-34)37-28(22-10-2-1-3-11-22)29(36-32)23-16-18-24(19-17-23)41-25-12-6-4-8-20(25)14-15-21-9-5-7-13-26(21)41/h1-19,35,42H. The van der Waals surface area contributed by atoms with Crippen molar-refractivity contribution in [3.63, 3.8) is 0 Å². The average Bonchev–Trinajstić information content (AvgIpc) is 3.50. The number of thiol groups is 1. The number of rotatable bonds is 3. The molecule has 7 nitrogen and oxygen atoms in total. The Morgan fingerprint density at radius 1 is 0.581 bits per heavy atom. The number of nitrogens with zero attached hydrogens (tertiary/aromatic N) is 6. The lowest BCUT2D eigenvalue weighted by Crippen LogP contribution is -2.25. The van der Waals surface area contributed by atoms with Gasteiger partial charge in [-0.05, 0) is 48.2 Å². The van der Waals surface area contributed by atoms with Gasteiger partial charge in [-0.2, -0.15) is 8.75 Å². The molecule has 0 unspecified atom stereocenters. The van der Waals surface area contributed by atoms with Crippen molar-refractivity contribution in [2.75, 3.05) is 4.90 Å². The van der Waals surface area contributed by atoms with Crippen molar-refractivity contribution < 1.29 is 0 Å². The van der Waals surface area contributed by atoms with Crippen LogP contribution < -0.4 is 4.90 Å². The summed E-state index contributed by atoms with van der Waals surface area (Å²) >= 11 is 5.23. The summed E-state index contributed by atoms with van der Waals surface area (Å²) in [6, 6.07) is 35.2. The minimum atomic E-state index is 0.140. The van der Waals surface area contributed by atoms with E-state index in [0.29, 0.717) is 39.9 Å². The van der Waals surface area contributed by atoms with E-state index < -0.39 is 0 Å². The third-order valence-corrected chi connectivity index (χ3v) is 8.38. The van der Waals surface area contributed by atoms with Crippen LogP contribution in [0.1, 0.15) is 22.5 Å². The van der Waals surface area contributed by atoms with Gasteiger partial charge in [-0.3, -0.25) is 5.41 Å². The van der Waals surface area contributed by atoms with Crippen LogP contribution in [-0.4, -0.2) is 30.1 Å². The minimum Gasteiger partial charge on any atom is -0.309 e. The lowest BCUT2D eigenvalue weighted by molar-refractivity contribution is 1.17. The van der Waals surface area contributed by atoms with E-state index in [9.17, 15) is 0 Å². The Kier molecular flexibility index (Phi) is 6.06. The lowest BCUT2D eigenvalue weighted by Gasteiger charge is -2.27. The van der Waals surface area contributed by atoms with Crippen LogP contribution in [0.2, 0.25) is 0 Å². The smallest absolute Gasteiger partial charge is 0.135 e. The van der Waals surface area contributed by atoms with Crippen LogP contribution in [0.5, 0.6) is 0 Å². The molecule has 0 saturated heterocycles. The molecule has 0 radical (unpaired) electrons. The summed E-state index contributed by atoms with van der Waals surface area (Å²) in [7, 11) is 0. The molecular weight excluding hydrogens is 571 g/mol. The van der Waals surface area contributed by atoms with E-state index in [-0.39, 0.29) is 5.71 Å². The lowest BCUT2D eigenvalue weighted by atomic mass is 9.95. The number of anilines is 3. The third kappa shape index (κ3) is 4.12. The van der Waals surface area contributed by atoms with Crippen LogP contribution in [0.25, 0.3) is 46.1 Å². The van der Waals surface area contributed by atoms with Crippen molar-refractivity contribution in [2.24, 2.45) is 4.40 Å². The SMILES string of the molecule is N=C1C(=NS)c2nc(-c3ccc(N4c5ccccc5C=Cc5ccccc54)cc3)c(-c3ccccc3)nc2-c2nsnc21. The molecule has 6 aromatic rings. The van der Waals surface area contributed by atoms with Gasteiger partial charge in [0.25, 0.3) is 0 Å². The normalized spacial score (nSPS) is 14.1. The summed E-state index contributed by atoms with van der Waals surface area (Å²) in [4.78, 5) is 12.5. The van der Waals surface area contributed by atoms with Gasteiger partial charge in [0.05, 0.1) is 34.5 Å². The topological polar surface area (TPSA) is 91.0 Å². The molecule has 0 atom stereocenters. The number of hydrogen-bond acceptors (Lipinski definition) is 9. The largest absolute Gasteiger partial charge is 0.309 e. The molecule has 43 heavy (non-hydrogen) atoms. The summed E-state index contributed by atoms with van der Waals surface area (Å²) in [5.74, 6) is 0. The molecule has 8 rings (SSSR count). The molecule has 0 bridgehead atoms. The van der Waals surface area contributed by atoms with E-state index in [1.54, 1.807) is 0 Å². The highest BCUT2D eigenvalue weighted by atomic mass is 32.1. The van der Waals surface area contributed by atoms with Crippen LogP contribution in [0.3, 0.4) is 0 Å². The Morgan fingerprint density at radius 2 is 1.14 bits per heavy atom. The van der Waals surface area contributed by atoms with Crippen molar-refractivity contribution in [3.8, 4) is 33.9 Å². The zero-order valence-electron chi connectivity index (χ0n) is 22.5. The van der Waals surface area contributed by atoms with Crippen molar-refractivity contribution >= 4 is 65.2 Å². The molecule has 9 heteroatoms. The highest BCUT2D eigenvalue weighted by molar-refractivity contribution is 7.79. The molecule has 0 saturated carbocycles. The molecule has 2 aromatic heterocycles. The van der Waals surface area contributed by atoms with E-state index in [1.165, 1.54) is 0 Å². The van der Waals surface area contributed by atoms with Gasteiger partial charge in [-0.15, -0.1) is 0 Å². The first-order valence-electron chi connectivity index (χ1n) is 13.6. The quantitative estimate of drug-likeness (QED) is 0.202. The Hall–Kier alpha value is -5.25. The third-order valence-electron chi connectivity index (χ3n) is 7.65. The molecule has 0 fully saturated rings. The maximum atomic E-state index is 8.69. The molecule has 1 aliphatic heterocycles. The van der Waals surface area contributed by atoms with E-state index in [2.05, 4.69) is 116 Å². The fraction of sp³-hybridized carbons (Fsp3) is 0. The average molecular weight is 592 g/mol. The van der Waals surface area contributed by atoms with Crippen LogP contribution in [0, 0.1) is 5.41 Å². The zero-order chi connectivity index (χ0) is 28.9. The van der Waals surface area contributed by atoms with Gasteiger partial charge in [-0.25, -0.2) is 14.4 Å². The number of nitrogens with one attached hydrogen (secondary N) is 1. The number of para-hydroxylation sites is 2. The van der Waals surface area contributed by atoms with E-state index in [1.807, 2.05) is 30.3 Å². The van der Waals surface area contributed by atoms with Crippen LogP contribution in [-0.2, 0) is 0 Å². The van der Waals surface area contributed by atoms with E-state index >= 15 is 0 Å². The summed E-state index contributed by atoms with van der Waals surface area (Å²) in [6.45, 7) is 0. The highest BCUT2D eigenvalue weighted by Gasteiger charge is 2.34. The fourth-order valence-electron chi connectivity index (χ4n) is 5.62. The number of fused-ring (bicyclic) bond motifs is 5. The first-order valence-corrected chi connectivity index (χ1v) is 14.7. The van der Waals surface area contributed by atoms with Gasteiger partial charge in [0.2, 0.25) is 0 Å². The monoisotopic (exact) mass is 591 g/mol. The summed E-state index contributed by atoms with van der Waals surface area (Å²) in [5.41, 5.74) is 11.2. The summed E-state index contributed by atoms with van der Waals surface area (Å²) in [5, 5.41) is 8.69. The number of hydrogen-bond donors (Lipinski definition) is 2. The molecule has 1 aliphatic carbocycles. The Labute approximate surface area is 257 Å². The number of aromatic nitrogens is 4. The van der Waals surface area contributed by atoms with Gasteiger partial charge in [0.15, 0.2) is 0 Å². The molecule has 0 spiro atoms. The second kappa shape index (κ2) is 10.2. The Balaban J connectivity index is 1.31. The van der Waals surface area contributed by atoms with Crippen LogP contribution in [0.15, 0.2) is 108 Å².